The zero-order valence-corrected chi connectivity index (χ0v) is 11.6. The molecule has 2 amide bonds. The first kappa shape index (κ1) is 13.6. The number of benzene rings is 1. The quantitative estimate of drug-likeness (QED) is 0.835. The smallest absolute Gasteiger partial charge is 0.246 e. The molecule has 4 nitrogen and oxygen atoms in total. The molecule has 0 saturated carbocycles. The van der Waals surface area contributed by atoms with Crippen molar-refractivity contribution in [1.29, 1.82) is 0 Å². The Bertz CT molecular complexity index is 485. The molecular weight excluding hydrogens is 240 g/mol. The predicted molar refractivity (Wildman–Crippen MR) is 74.8 cm³/mol. The first-order valence-electron chi connectivity index (χ1n) is 6.77. The number of hydrogen-bond acceptors (Lipinski definition) is 2. The van der Waals surface area contributed by atoms with Crippen molar-refractivity contribution in [3.05, 3.63) is 29.8 Å². The minimum Gasteiger partial charge on any atom is -0.329 e. The van der Waals surface area contributed by atoms with Crippen LogP contribution in [0.15, 0.2) is 24.3 Å². The maximum absolute atomic E-state index is 12.3. The average molecular weight is 260 g/mol. The molecule has 0 aliphatic carbocycles. The number of hydrogen-bond donors (Lipinski definition) is 0. The van der Waals surface area contributed by atoms with Crippen molar-refractivity contribution in [1.82, 2.24) is 4.90 Å². The fraction of sp³-hybridized carbons (Fsp3) is 0.467. The van der Waals surface area contributed by atoms with Crippen molar-refractivity contribution >= 4 is 17.5 Å². The number of para-hydroxylation sites is 1. The van der Waals surface area contributed by atoms with Crippen LogP contribution >= 0.6 is 0 Å². The molecule has 0 bridgehead atoms. The molecule has 1 heterocycles. The maximum atomic E-state index is 12.3. The molecule has 0 atom stereocenters. The van der Waals surface area contributed by atoms with Crippen LogP contribution in [-0.2, 0) is 16.1 Å². The highest BCUT2D eigenvalue weighted by Crippen LogP contribution is 2.25. The van der Waals surface area contributed by atoms with Crippen LogP contribution in [0, 0.1) is 0 Å². The van der Waals surface area contributed by atoms with Crippen LogP contribution in [0.2, 0.25) is 0 Å². The van der Waals surface area contributed by atoms with Crippen LogP contribution in [0.25, 0.3) is 0 Å². The van der Waals surface area contributed by atoms with E-state index in [4.69, 9.17) is 0 Å². The Balaban J connectivity index is 2.35. The summed E-state index contributed by atoms with van der Waals surface area (Å²) in [6, 6.07) is 7.84. The predicted octanol–water partition coefficient (Wildman–Crippen LogP) is 2.18. The Morgan fingerprint density at radius 1 is 1.26 bits per heavy atom. The summed E-state index contributed by atoms with van der Waals surface area (Å²) in [5, 5.41) is 0. The number of nitrogens with zero attached hydrogens (tertiary/aromatic N) is 2. The lowest BCUT2D eigenvalue weighted by molar-refractivity contribution is -0.133. The average Bonchev–Trinajstić information content (AvgIpc) is 2.53. The second-order valence-corrected chi connectivity index (χ2v) is 4.90. The summed E-state index contributed by atoms with van der Waals surface area (Å²) >= 11 is 0. The van der Waals surface area contributed by atoms with Crippen LogP contribution in [0.5, 0.6) is 0 Å². The molecular formula is C15H20N2O2. The van der Waals surface area contributed by atoms with Crippen molar-refractivity contribution in [2.24, 2.45) is 0 Å². The van der Waals surface area contributed by atoms with Gasteiger partial charge in [0.15, 0.2) is 0 Å². The number of carbonyl (C=O) groups is 2. The van der Waals surface area contributed by atoms with Gasteiger partial charge in [0.25, 0.3) is 0 Å². The summed E-state index contributed by atoms with van der Waals surface area (Å²) < 4.78 is 0. The number of anilines is 1. The third-order valence-corrected chi connectivity index (χ3v) is 3.45. The van der Waals surface area contributed by atoms with E-state index in [1.807, 2.05) is 29.2 Å². The lowest BCUT2D eigenvalue weighted by atomic mass is 10.1. The molecule has 0 fully saturated rings. The molecule has 1 aliphatic heterocycles. The fourth-order valence-electron chi connectivity index (χ4n) is 2.34. The van der Waals surface area contributed by atoms with Gasteiger partial charge in [-0.3, -0.25) is 9.59 Å². The fourth-order valence-corrected chi connectivity index (χ4v) is 2.34. The van der Waals surface area contributed by atoms with Gasteiger partial charge < -0.3 is 9.80 Å². The number of fused-ring (bicyclic) bond motifs is 1. The minimum atomic E-state index is -0.0551. The number of unbranched alkanes of at least 4 members (excludes halogenated alkanes) is 1. The van der Waals surface area contributed by atoms with E-state index in [2.05, 4.69) is 6.92 Å². The van der Waals surface area contributed by atoms with E-state index in [0.29, 0.717) is 6.54 Å². The van der Waals surface area contributed by atoms with E-state index in [9.17, 15) is 9.59 Å². The minimum absolute atomic E-state index is 0.00796. The van der Waals surface area contributed by atoms with E-state index in [1.54, 1.807) is 4.90 Å². The van der Waals surface area contributed by atoms with Gasteiger partial charge in [-0.05, 0) is 18.1 Å². The Morgan fingerprint density at radius 2 is 2.00 bits per heavy atom. The van der Waals surface area contributed by atoms with Gasteiger partial charge in [-0.25, -0.2) is 0 Å². The zero-order valence-electron chi connectivity index (χ0n) is 11.6. The van der Waals surface area contributed by atoms with Gasteiger partial charge in [0, 0.05) is 25.7 Å². The third kappa shape index (κ3) is 2.95. The molecule has 1 aromatic carbocycles. The third-order valence-electron chi connectivity index (χ3n) is 3.45. The van der Waals surface area contributed by atoms with Gasteiger partial charge >= 0.3 is 0 Å². The summed E-state index contributed by atoms with van der Waals surface area (Å²) in [6.07, 6.45) is 2.02. The largest absolute Gasteiger partial charge is 0.329 e. The molecule has 2 rings (SSSR count). The van der Waals surface area contributed by atoms with Gasteiger partial charge in [0.1, 0.15) is 6.54 Å². The Hall–Kier alpha value is -1.84. The van der Waals surface area contributed by atoms with E-state index in [0.717, 1.165) is 30.6 Å². The normalized spacial score (nSPS) is 15.2. The molecule has 102 valence electrons. The van der Waals surface area contributed by atoms with E-state index in [1.165, 1.54) is 6.92 Å². The Labute approximate surface area is 114 Å². The summed E-state index contributed by atoms with van der Waals surface area (Å²) in [6.45, 7) is 5.03. The molecule has 1 aromatic rings. The van der Waals surface area contributed by atoms with Crippen LogP contribution < -0.4 is 4.90 Å². The van der Waals surface area contributed by atoms with Gasteiger partial charge in [-0.1, -0.05) is 31.5 Å². The second kappa shape index (κ2) is 5.87. The lowest BCUT2D eigenvalue weighted by Gasteiger charge is -2.22. The standard InChI is InChI=1S/C15H20N2O2/c1-3-4-9-17-14-8-6-5-7-13(14)10-16(12(2)18)11-15(17)19/h5-8H,3-4,9-11H2,1-2H3. The number of carbonyl (C=O) groups excluding carboxylic acids is 2. The topological polar surface area (TPSA) is 40.6 Å². The van der Waals surface area contributed by atoms with Crippen molar-refractivity contribution in [2.45, 2.75) is 33.2 Å². The van der Waals surface area contributed by atoms with E-state index < -0.39 is 0 Å². The molecule has 0 aromatic heterocycles. The number of rotatable bonds is 3. The van der Waals surface area contributed by atoms with Gasteiger partial charge in [-0.15, -0.1) is 0 Å². The highest BCUT2D eigenvalue weighted by atomic mass is 16.2. The maximum Gasteiger partial charge on any atom is 0.246 e. The van der Waals surface area contributed by atoms with Gasteiger partial charge in [-0.2, -0.15) is 0 Å². The first-order chi connectivity index (χ1) is 9.13. The number of amides is 2. The monoisotopic (exact) mass is 260 g/mol. The molecule has 0 N–H and O–H groups in total. The molecule has 0 spiro atoms. The molecule has 0 saturated heterocycles. The van der Waals surface area contributed by atoms with E-state index >= 15 is 0 Å². The second-order valence-electron chi connectivity index (χ2n) is 4.90. The van der Waals surface area contributed by atoms with Crippen molar-refractivity contribution in [3.8, 4) is 0 Å². The lowest BCUT2D eigenvalue weighted by Crippen LogP contribution is -2.39. The Morgan fingerprint density at radius 3 is 2.68 bits per heavy atom. The van der Waals surface area contributed by atoms with Crippen molar-refractivity contribution in [3.63, 3.8) is 0 Å². The summed E-state index contributed by atoms with van der Waals surface area (Å²) in [4.78, 5) is 27.3. The van der Waals surface area contributed by atoms with Crippen LogP contribution in [0.1, 0.15) is 32.3 Å². The van der Waals surface area contributed by atoms with Crippen LogP contribution in [0.4, 0.5) is 5.69 Å². The first-order valence-corrected chi connectivity index (χ1v) is 6.77. The molecule has 19 heavy (non-hydrogen) atoms. The van der Waals surface area contributed by atoms with Crippen LogP contribution in [-0.4, -0.2) is 29.8 Å². The van der Waals surface area contributed by atoms with Crippen molar-refractivity contribution in [2.75, 3.05) is 18.0 Å². The van der Waals surface area contributed by atoms with Crippen molar-refractivity contribution < 1.29 is 9.59 Å². The summed E-state index contributed by atoms with van der Waals surface area (Å²) in [5.41, 5.74) is 1.99. The SMILES string of the molecule is CCCCN1C(=O)CN(C(C)=O)Cc2ccccc21. The highest BCUT2D eigenvalue weighted by molar-refractivity contribution is 5.98. The molecule has 1 aliphatic rings. The van der Waals surface area contributed by atoms with Crippen LogP contribution in [0.3, 0.4) is 0 Å². The van der Waals surface area contributed by atoms with Gasteiger partial charge in [0.05, 0.1) is 0 Å². The summed E-state index contributed by atoms with van der Waals surface area (Å²) in [5.74, 6) is -0.0471. The molecule has 0 radical (unpaired) electrons. The molecule has 0 unspecified atom stereocenters. The zero-order chi connectivity index (χ0) is 13.8. The van der Waals surface area contributed by atoms with Gasteiger partial charge in [0.2, 0.25) is 11.8 Å². The molecule has 4 heteroatoms. The highest BCUT2D eigenvalue weighted by Gasteiger charge is 2.26. The Kier molecular flexibility index (Phi) is 4.20. The van der Waals surface area contributed by atoms with E-state index in [-0.39, 0.29) is 18.4 Å². The summed E-state index contributed by atoms with van der Waals surface area (Å²) in [7, 11) is 0.